The van der Waals surface area contributed by atoms with Crippen LogP contribution in [-0.4, -0.2) is 75.3 Å². The predicted octanol–water partition coefficient (Wildman–Crippen LogP) is 4.22. The lowest BCUT2D eigenvalue weighted by atomic mass is 9.86. The zero-order valence-corrected chi connectivity index (χ0v) is 22.1. The van der Waals surface area contributed by atoms with E-state index in [2.05, 4.69) is 10.2 Å². The Morgan fingerprint density at radius 3 is 2.56 bits per heavy atom. The van der Waals surface area contributed by atoms with Gasteiger partial charge in [0.2, 0.25) is 0 Å². The van der Waals surface area contributed by atoms with Crippen LogP contribution in [0.3, 0.4) is 0 Å². The van der Waals surface area contributed by atoms with Crippen LogP contribution in [0.25, 0.3) is 6.08 Å². The van der Waals surface area contributed by atoms with Crippen LogP contribution in [0.15, 0.2) is 72.3 Å². The van der Waals surface area contributed by atoms with Crippen LogP contribution in [0.2, 0.25) is 0 Å². The number of benzene rings is 2. The van der Waals surface area contributed by atoms with Crippen molar-refractivity contribution >= 4 is 29.4 Å². The predicted molar refractivity (Wildman–Crippen MR) is 150 cm³/mol. The monoisotopic (exact) mass is 528 g/mol. The molecule has 0 spiro atoms. The van der Waals surface area contributed by atoms with E-state index in [9.17, 15) is 9.59 Å². The molecular weight excluding hydrogens is 496 g/mol. The van der Waals surface area contributed by atoms with Crippen LogP contribution < -0.4 is 19.7 Å². The van der Waals surface area contributed by atoms with E-state index in [1.807, 2.05) is 48.5 Å². The largest absolute Gasteiger partial charge is 0.497 e. The Kier molecular flexibility index (Phi) is 8.07. The molecule has 2 saturated heterocycles. The number of aromatic nitrogens is 1. The lowest BCUT2D eigenvalue weighted by Crippen LogP contribution is -2.46. The molecule has 2 amide bonds. The highest BCUT2D eigenvalue weighted by molar-refractivity contribution is 6.06. The number of Topliss-reactive ketones (excluding diaryl/α,β-unsaturated/α-hetero) is 1. The number of ether oxygens (including phenoxy) is 3. The van der Waals surface area contributed by atoms with Gasteiger partial charge in [0.05, 0.1) is 51.3 Å². The minimum absolute atomic E-state index is 0.00847. The van der Waals surface area contributed by atoms with Gasteiger partial charge in [0.15, 0.2) is 5.78 Å². The van der Waals surface area contributed by atoms with Gasteiger partial charge in [-0.25, -0.2) is 9.78 Å². The number of methoxy groups -OCH3 is 2. The molecule has 1 aromatic heterocycles. The fourth-order valence-electron chi connectivity index (χ4n) is 4.85. The standard InChI is InChI=1S/C30H32N4O5/c1-37-24-11-12-26(27(18-24)38-2)32-30(36)34-19-22(29(35)25(20-34)21-7-4-3-5-8-21)17-23-9-6-10-28(31-23)33-13-15-39-16-14-33/h3-12,17-18,25H,13-16,19-20H2,1-2H3,(H,32,36). The minimum atomic E-state index is -0.489. The molecule has 5 rings (SSSR count). The van der Waals surface area contributed by atoms with Gasteiger partial charge in [0.1, 0.15) is 17.3 Å². The van der Waals surface area contributed by atoms with E-state index in [0.717, 1.165) is 24.5 Å². The van der Waals surface area contributed by atoms with Gasteiger partial charge in [-0.05, 0) is 35.9 Å². The summed E-state index contributed by atoms with van der Waals surface area (Å²) in [6.07, 6.45) is 1.80. The second kappa shape index (κ2) is 12.0. The number of urea groups is 1. The van der Waals surface area contributed by atoms with Crippen molar-refractivity contribution in [3.05, 3.63) is 83.6 Å². The van der Waals surface area contributed by atoms with Crippen LogP contribution in [0.1, 0.15) is 17.2 Å². The van der Waals surface area contributed by atoms with E-state index in [-0.39, 0.29) is 24.9 Å². The zero-order chi connectivity index (χ0) is 27.2. The Morgan fingerprint density at radius 1 is 1.03 bits per heavy atom. The molecule has 39 heavy (non-hydrogen) atoms. The van der Waals surface area contributed by atoms with Crippen molar-refractivity contribution < 1.29 is 23.8 Å². The normalized spacial score (nSPS) is 18.7. The number of amides is 2. The maximum Gasteiger partial charge on any atom is 0.322 e. The van der Waals surface area contributed by atoms with E-state index in [4.69, 9.17) is 19.2 Å². The van der Waals surface area contributed by atoms with Gasteiger partial charge < -0.3 is 29.3 Å². The smallest absolute Gasteiger partial charge is 0.322 e. The Hall–Kier alpha value is -4.37. The summed E-state index contributed by atoms with van der Waals surface area (Å²) in [5.74, 6) is 1.45. The van der Waals surface area contributed by atoms with Crippen LogP contribution in [0, 0.1) is 0 Å². The number of pyridine rings is 1. The first kappa shape index (κ1) is 26.2. The maximum absolute atomic E-state index is 13.7. The maximum atomic E-state index is 13.7. The highest BCUT2D eigenvalue weighted by Crippen LogP contribution is 2.32. The average molecular weight is 529 g/mol. The number of hydrogen-bond donors (Lipinski definition) is 1. The van der Waals surface area contributed by atoms with Gasteiger partial charge in [-0.15, -0.1) is 0 Å². The molecule has 1 atom stereocenters. The van der Waals surface area contributed by atoms with Crippen LogP contribution in [0.5, 0.6) is 11.5 Å². The molecule has 2 aromatic carbocycles. The number of likely N-dealkylation sites (tertiary alicyclic amines) is 1. The van der Waals surface area contributed by atoms with E-state index in [1.54, 1.807) is 36.3 Å². The molecule has 0 bridgehead atoms. The first-order chi connectivity index (χ1) is 19.1. The summed E-state index contributed by atoms with van der Waals surface area (Å²) < 4.78 is 16.2. The number of anilines is 2. The fourth-order valence-corrected chi connectivity index (χ4v) is 4.85. The first-order valence-electron chi connectivity index (χ1n) is 12.9. The van der Waals surface area contributed by atoms with Crippen molar-refractivity contribution in [3.8, 4) is 11.5 Å². The Morgan fingerprint density at radius 2 is 1.82 bits per heavy atom. The first-order valence-corrected chi connectivity index (χ1v) is 12.9. The van der Waals surface area contributed by atoms with Crippen LogP contribution in [-0.2, 0) is 9.53 Å². The Bertz CT molecular complexity index is 1350. The molecule has 3 heterocycles. The molecule has 2 aliphatic rings. The van der Waals surface area contributed by atoms with Crippen LogP contribution >= 0.6 is 0 Å². The number of hydrogen-bond acceptors (Lipinski definition) is 7. The van der Waals surface area contributed by atoms with Gasteiger partial charge in [0, 0.05) is 31.3 Å². The third-order valence-corrected chi connectivity index (χ3v) is 6.95. The summed E-state index contributed by atoms with van der Waals surface area (Å²) in [4.78, 5) is 35.8. The van der Waals surface area contributed by atoms with E-state index in [1.165, 1.54) is 7.11 Å². The molecule has 1 unspecified atom stereocenters. The lowest BCUT2D eigenvalue weighted by molar-refractivity contribution is -0.118. The summed E-state index contributed by atoms with van der Waals surface area (Å²) in [6, 6.07) is 20.2. The van der Waals surface area contributed by atoms with Gasteiger partial charge in [-0.1, -0.05) is 36.4 Å². The molecule has 9 heteroatoms. The summed E-state index contributed by atoms with van der Waals surface area (Å²) in [6.45, 7) is 3.28. The second-order valence-corrected chi connectivity index (χ2v) is 9.39. The van der Waals surface area contributed by atoms with Crippen molar-refractivity contribution in [2.45, 2.75) is 5.92 Å². The Labute approximate surface area is 228 Å². The molecule has 0 radical (unpaired) electrons. The minimum Gasteiger partial charge on any atom is -0.497 e. The van der Waals surface area contributed by atoms with Crippen molar-refractivity contribution in [2.24, 2.45) is 0 Å². The lowest BCUT2D eigenvalue weighted by Gasteiger charge is -2.34. The van der Waals surface area contributed by atoms with Crippen molar-refractivity contribution in [2.75, 3.05) is 63.8 Å². The Balaban J connectivity index is 1.43. The number of piperidine rings is 1. The molecule has 3 aromatic rings. The zero-order valence-electron chi connectivity index (χ0n) is 22.1. The summed E-state index contributed by atoms with van der Waals surface area (Å²) >= 11 is 0. The van der Waals surface area contributed by atoms with Gasteiger partial charge in [0.25, 0.3) is 0 Å². The average Bonchev–Trinajstić information content (AvgIpc) is 2.99. The van der Waals surface area contributed by atoms with E-state index < -0.39 is 5.92 Å². The highest BCUT2D eigenvalue weighted by Gasteiger charge is 2.34. The third-order valence-electron chi connectivity index (χ3n) is 6.95. The van der Waals surface area contributed by atoms with E-state index >= 15 is 0 Å². The van der Waals surface area contributed by atoms with Crippen molar-refractivity contribution in [1.82, 2.24) is 9.88 Å². The number of nitrogens with zero attached hydrogens (tertiary/aromatic N) is 3. The summed E-state index contributed by atoms with van der Waals surface area (Å²) in [7, 11) is 3.11. The molecule has 0 aliphatic carbocycles. The second-order valence-electron chi connectivity index (χ2n) is 9.39. The molecule has 0 saturated carbocycles. The number of ketones is 1. The highest BCUT2D eigenvalue weighted by atomic mass is 16.5. The van der Waals surface area contributed by atoms with Gasteiger partial charge >= 0.3 is 6.03 Å². The number of carbonyl (C=O) groups is 2. The van der Waals surface area contributed by atoms with Gasteiger partial charge in [-0.2, -0.15) is 0 Å². The number of nitrogens with one attached hydrogen (secondary N) is 1. The van der Waals surface area contributed by atoms with Crippen molar-refractivity contribution in [3.63, 3.8) is 0 Å². The number of morpholine rings is 1. The molecular formula is C30H32N4O5. The summed E-state index contributed by atoms with van der Waals surface area (Å²) in [5.41, 5.74) is 2.58. The quantitative estimate of drug-likeness (QED) is 0.479. The van der Waals surface area contributed by atoms with E-state index in [0.29, 0.717) is 41.7 Å². The fraction of sp³-hybridized carbons (Fsp3) is 0.300. The molecule has 202 valence electrons. The van der Waals surface area contributed by atoms with Crippen LogP contribution in [0.4, 0.5) is 16.3 Å². The van der Waals surface area contributed by atoms with Crippen molar-refractivity contribution in [1.29, 1.82) is 0 Å². The third kappa shape index (κ3) is 6.04. The molecule has 2 fully saturated rings. The molecule has 1 N–H and O–H groups in total. The summed E-state index contributed by atoms with van der Waals surface area (Å²) in [5, 5.41) is 2.94. The number of carbonyl (C=O) groups excluding carboxylic acids is 2. The topological polar surface area (TPSA) is 93.2 Å². The SMILES string of the molecule is COc1ccc(NC(=O)N2CC(=Cc3cccc(N4CCOCC4)n3)C(=O)C(c3ccccc3)C2)c(OC)c1. The number of rotatable bonds is 6. The molecule has 9 nitrogen and oxygen atoms in total. The molecule has 2 aliphatic heterocycles. The van der Waals surface area contributed by atoms with Gasteiger partial charge in [-0.3, -0.25) is 4.79 Å².